The van der Waals surface area contributed by atoms with E-state index in [1.807, 2.05) is 51.2 Å². The molecular weight excluding hydrogens is 937 g/mol. The molecule has 3 aliphatic heterocycles. The first kappa shape index (κ1) is 61.5. The number of azide groups is 1. The minimum atomic E-state index is -2.44. The van der Waals surface area contributed by atoms with Gasteiger partial charge < -0.3 is 43.9 Å². The molecule has 17 heteroatoms. The Kier molecular flexibility index (Phi) is 25.7. The number of fused-ring (bicyclic) bond motifs is 3. The Morgan fingerprint density at radius 2 is 1.60 bits per heavy atom. The fraction of sp³-hybridized carbons (Fsp3) is 0.768. The Balaban J connectivity index is 1.62. The molecule has 73 heavy (non-hydrogen) atoms. The monoisotopic (exact) mass is 1020 g/mol. The van der Waals surface area contributed by atoms with E-state index in [0.717, 1.165) is 44.1 Å². The van der Waals surface area contributed by atoms with Gasteiger partial charge in [-0.3, -0.25) is 19.2 Å². The van der Waals surface area contributed by atoms with Gasteiger partial charge in [-0.15, -0.1) is 0 Å². The number of carbonyl (C=O) groups excluding carboxylic acids is 5. The number of cyclic esters (lactones) is 1. The Labute approximate surface area is 434 Å². The van der Waals surface area contributed by atoms with Crippen LogP contribution in [0.5, 0.6) is 0 Å². The molecular formula is C56H88N4O13. The summed E-state index contributed by atoms with van der Waals surface area (Å²) in [6.07, 6.45) is 14.6. The molecule has 1 amide bonds. The van der Waals surface area contributed by atoms with Gasteiger partial charge in [-0.1, -0.05) is 89.0 Å². The highest BCUT2D eigenvalue weighted by Crippen LogP contribution is 2.38. The normalized spacial score (nSPS) is 37.1. The number of unbranched alkanes of at least 4 members (excludes halogenated alkanes) is 3. The summed E-state index contributed by atoms with van der Waals surface area (Å²) < 4.78 is 30.6. The Bertz CT molecular complexity index is 2000. The van der Waals surface area contributed by atoms with E-state index in [4.69, 9.17) is 29.2 Å². The zero-order valence-corrected chi connectivity index (χ0v) is 45.2. The number of aliphatic hydroxyl groups excluding tert-OH is 2. The maximum Gasteiger partial charge on any atom is 0.329 e. The number of nitrogens with zero attached hydrogens (tertiary/aromatic N) is 4. The van der Waals surface area contributed by atoms with Crippen molar-refractivity contribution in [3.8, 4) is 0 Å². The number of hydrogen-bond acceptors (Lipinski definition) is 14. The number of allylic oxidation sites excluding steroid dienone is 6. The van der Waals surface area contributed by atoms with E-state index in [2.05, 4.69) is 10.0 Å². The SMILES string of the molecule is CO[C@H]1C[C@@H]2CC[C@@H](C)[C@@](O)(O2)C(=O)C(=O)N2CCCC[C@H]2C(=O)O[C@H]([C@H](C)C[C@@H]2CC[C@@H](OCCCCCCN=[N+]=[N-])[C@H](OC)C2)CC(=O)[C@H](C)/C=C(\C)[C@@H](O)[C@@H](O)C(=O)[C@H](C)C[C@H](C)/C=C/C=C/C=C/1C. The van der Waals surface area contributed by atoms with Crippen molar-refractivity contribution in [2.45, 2.75) is 206 Å². The van der Waals surface area contributed by atoms with Crippen LogP contribution >= 0.6 is 0 Å². The van der Waals surface area contributed by atoms with Gasteiger partial charge in [0.25, 0.3) is 11.7 Å². The van der Waals surface area contributed by atoms with E-state index in [1.54, 1.807) is 41.9 Å². The fourth-order valence-electron chi connectivity index (χ4n) is 11.0. The topological polar surface area (TPSA) is 244 Å². The second-order valence-electron chi connectivity index (χ2n) is 21.6. The number of hydrogen-bond donors (Lipinski definition) is 3. The number of ketones is 3. The number of esters is 1. The highest BCUT2D eigenvalue weighted by Gasteiger charge is 2.53. The summed E-state index contributed by atoms with van der Waals surface area (Å²) in [7, 11) is 3.24. The van der Waals surface area contributed by atoms with Crippen LogP contribution in [-0.2, 0) is 47.7 Å². The number of methoxy groups -OCH3 is 2. The van der Waals surface area contributed by atoms with Crippen molar-refractivity contribution in [3.63, 3.8) is 0 Å². The third kappa shape index (κ3) is 18.0. The molecule has 410 valence electrons. The number of piperidine rings is 1. The molecule has 1 saturated carbocycles. The summed E-state index contributed by atoms with van der Waals surface area (Å²) in [6.45, 7) is 13.5. The van der Waals surface area contributed by atoms with E-state index in [9.17, 15) is 39.3 Å². The summed E-state index contributed by atoms with van der Waals surface area (Å²) in [6, 6.07) is -1.16. The van der Waals surface area contributed by atoms with Gasteiger partial charge >= 0.3 is 5.97 Å². The lowest BCUT2D eigenvalue weighted by Gasteiger charge is -2.42. The minimum Gasteiger partial charge on any atom is -0.460 e. The molecule has 15 atom stereocenters. The number of rotatable bonds is 13. The molecule has 1 aliphatic carbocycles. The van der Waals surface area contributed by atoms with E-state index < -0.39 is 83.5 Å². The molecule has 3 fully saturated rings. The van der Waals surface area contributed by atoms with Crippen LogP contribution in [0.3, 0.4) is 0 Å². The predicted molar refractivity (Wildman–Crippen MR) is 277 cm³/mol. The van der Waals surface area contributed by atoms with Crippen LogP contribution in [0, 0.1) is 35.5 Å². The van der Waals surface area contributed by atoms with Gasteiger partial charge in [-0.25, -0.2) is 4.79 Å². The number of aliphatic hydroxyl groups is 3. The van der Waals surface area contributed by atoms with Crippen molar-refractivity contribution >= 4 is 29.2 Å². The van der Waals surface area contributed by atoms with E-state index in [1.165, 1.54) is 11.0 Å². The largest absolute Gasteiger partial charge is 0.460 e. The molecule has 3 N–H and O–H groups in total. The van der Waals surface area contributed by atoms with Crippen molar-refractivity contribution in [1.82, 2.24) is 4.90 Å². The molecule has 0 aromatic heterocycles. The Morgan fingerprint density at radius 1 is 0.863 bits per heavy atom. The van der Waals surface area contributed by atoms with Crippen molar-refractivity contribution in [1.29, 1.82) is 0 Å². The highest BCUT2D eigenvalue weighted by atomic mass is 16.6. The molecule has 0 radical (unpaired) electrons. The third-order valence-corrected chi connectivity index (χ3v) is 15.8. The molecule has 2 bridgehead atoms. The van der Waals surface area contributed by atoms with Gasteiger partial charge in [0, 0.05) is 69.4 Å². The molecule has 3 heterocycles. The summed E-state index contributed by atoms with van der Waals surface area (Å²) >= 11 is 0. The Morgan fingerprint density at radius 3 is 2.32 bits per heavy atom. The lowest BCUT2D eigenvalue weighted by molar-refractivity contribution is -0.265. The first-order valence-corrected chi connectivity index (χ1v) is 27.0. The van der Waals surface area contributed by atoms with Gasteiger partial charge in [-0.05, 0) is 125 Å². The van der Waals surface area contributed by atoms with Crippen LogP contribution < -0.4 is 0 Å². The van der Waals surface area contributed by atoms with Crippen LogP contribution in [0.2, 0.25) is 0 Å². The first-order valence-electron chi connectivity index (χ1n) is 27.0. The van der Waals surface area contributed by atoms with Crippen molar-refractivity contribution in [2.24, 2.45) is 40.6 Å². The second-order valence-corrected chi connectivity index (χ2v) is 21.6. The van der Waals surface area contributed by atoms with Crippen LogP contribution in [0.15, 0.2) is 52.7 Å². The summed E-state index contributed by atoms with van der Waals surface area (Å²) in [5.41, 5.74) is 9.61. The quantitative estimate of drug-likeness (QED) is 0.0299. The molecule has 17 nitrogen and oxygen atoms in total. The van der Waals surface area contributed by atoms with Gasteiger partial charge in [-0.2, -0.15) is 0 Å². The summed E-state index contributed by atoms with van der Waals surface area (Å²) in [5, 5.41) is 37.9. The van der Waals surface area contributed by atoms with Gasteiger partial charge in [0.15, 0.2) is 5.78 Å². The molecule has 0 aromatic carbocycles. The van der Waals surface area contributed by atoms with Crippen LogP contribution in [0.4, 0.5) is 0 Å². The average Bonchev–Trinajstić information content (AvgIpc) is 3.37. The van der Waals surface area contributed by atoms with Gasteiger partial charge in [0.2, 0.25) is 5.79 Å². The smallest absolute Gasteiger partial charge is 0.329 e. The third-order valence-electron chi connectivity index (χ3n) is 15.8. The molecule has 4 aliphatic rings. The second kappa shape index (κ2) is 30.5. The van der Waals surface area contributed by atoms with Crippen molar-refractivity contribution in [2.75, 3.05) is 33.9 Å². The predicted octanol–water partition coefficient (Wildman–Crippen LogP) is 8.42. The first-order chi connectivity index (χ1) is 34.7. The minimum absolute atomic E-state index is 0.0423. The van der Waals surface area contributed by atoms with Crippen molar-refractivity contribution < 1.29 is 63.0 Å². The number of amides is 1. The maximum atomic E-state index is 14.5. The lowest BCUT2D eigenvalue weighted by atomic mass is 9.78. The zero-order valence-electron chi connectivity index (χ0n) is 45.2. The Hall–Kier alpha value is -4.06. The molecule has 2 saturated heterocycles. The number of Topliss-reactive ketones (excluding diaryl/α,β-unsaturated/α-hetero) is 3. The van der Waals surface area contributed by atoms with Crippen molar-refractivity contribution in [3.05, 3.63) is 58.0 Å². The van der Waals surface area contributed by atoms with Crippen LogP contribution in [0.25, 0.3) is 10.4 Å². The lowest BCUT2D eigenvalue weighted by Crippen LogP contribution is -2.61. The van der Waals surface area contributed by atoms with Crippen LogP contribution in [-0.4, -0.2) is 138 Å². The van der Waals surface area contributed by atoms with E-state index >= 15 is 0 Å². The standard InChI is InChI=1S/C56H88N4O13/c1-35-19-13-12-14-20-36(2)47(69-8)33-43-24-22-41(7)56(68,73-43)53(65)54(66)60-27-17-15-21-44(60)55(67)72-48(34-45(61)37(3)30-40(6)51(63)52(64)50(62)39(5)29-35)38(4)31-42-23-25-46(49(32-42)70-9)71-28-18-11-10-16-26-58-59-57/h12-14,19-20,30,35,37-39,41-44,46-49,51-52,63-64,68H,10-11,15-18,21-29,31-34H2,1-9H3/b14-12+,19-13+,36-20+,40-30+/t35-,37-,38-,39-,41-,42+,43+,44+,46-,47+,48+,49-,51-,52+,56-/m1/s1. The molecule has 0 unspecified atom stereocenters. The fourth-order valence-corrected chi connectivity index (χ4v) is 11.0. The van der Waals surface area contributed by atoms with Crippen LogP contribution in [0.1, 0.15) is 151 Å². The van der Waals surface area contributed by atoms with Gasteiger partial charge in [0.1, 0.15) is 30.1 Å². The van der Waals surface area contributed by atoms with E-state index in [0.29, 0.717) is 64.5 Å². The molecule has 4 rings (SSSR count). The number of ether oxygens (including phenoxy) is 5. The molecule has 0 aromatic rings. The highest BCUT2D eigenvalue weighted by molar-refractivity contribution is 6.39. The number of carbonyl (C=O) groups is 5. The zero-order chi connectivity index (χ0) is 53.8. The summed E-state index contributed by atoms with van der Waals surface area (Å²) in [5.74, 6) is -8.55. The average molecular weight is 1030 g/mol. The van der Waals surface area contributed by atoms with Gasteiger partial charge in [0.05, 0.1) is 24.4 Å². The molecule has 0 spiro atoms. The van der Waals surface area contributed by atoms with E-state index in [-0.39, 0.29) is 60.7 Å². The summed E-state index contributed by atoms with van der Waals surface area (Å²) in [4.78, 5) is 74.8. The maximum absolute atomic E-state index is 14.5.